The quantitative estimate of drug-likeness (QED) is 0.562. The number of rotatable bonds is 7. The maximum atomic E-state index is 12.1. The summed E-state index contributed by atoms with van der Waals surface area (Å²) in [4.78, 5) is 38.3. The molecule has 8 heteroatoms. The van der Waals surface area contributed by atoms with E-state index in [9.17, 15) is 19.5 Å². The van der Waals surface area contributed by atoms with Crippen molar-refractivity contribution in [1.82, 2.24) is 14.9 Å². The SMILES string of the molecule is COc1ccc(C(O)CNC(=O)CCn2c(=O)[nH]c(=O)c3ccccc32)cc1. The van der Waals surface area contributed by atoms with E-state index in [0.29, 0.717) is 22.2 Å². The summed E-state index contributed by atoms with van der Waals surface area (Å²) in [6.45, 7) is 0.160. The van der Waals surface area contributed by atoms with Gasteiger partial charge in [-0.1, -0.05) is 24.3 Å². The summed E-state index contributed by atoms with van der Waals surface area (Å²) in [5, 5.41) is 13.2. The molecule has 0 aliphatic rings. The van der Waals surface area contributed by atoms with E-state index in [1.165, 1.54) is 4.57 Å². The van der Waals surface area contributed by atoms with Gasteiger partial charge in [-0.2, -0.15) is 0 Å². The molecular formula is C20H21N3O5. The van der Waals surface area contributed by atoms with Crippen molar-refractivity contribution in [3.05, 3.63) is 74.9 Å². The fraction of sp³-hybridized carbons (Fsp3) is 0.250. The van der Waals surface area contributed by atoms with E-state index in [-0.39, 0.29) is 25.4 Å². The fourth-order valence-electron chi connectivity index (χ4n) is 2.92. The number of nitrogens with one attached hydrogen (secondary N) is 2. The van der Waals surface area contributed by atoms with Gasteiger partial charge in [-0.3, -0.25) is 19.1 Å². The third-order valence-corrected chi connectivity index (χ3v) is 4.46. The second-order valence-electron chi connectivity index (χ2n) is 6.27. The molecule has 0 saturated heterocycles. The van der Waals surface area contributed by atoms with Gasteiger partial charge in [0.25, 0.3) is 5.56 Å². The Bertz CT molecular complexity index is 1090. The van der Waals surface area contributed by atoms with Crippen LogP contribution in [-0.2, 0) is 11.3 Å². The summed E-state index contributed by atoms with van der Waals surface area (Å²) in [7, 11) is 1.56. The Balaban J connectivity index is 1.61. The predicted octanol–water partition coefficient (Wildman–Crippen LogP) is 0.938. The molecule has 1 unspecified atom stereocenters. The van der Waals surface area contributed by atoms with Crippen LogP contribution in [0.25, 0.3) is 10.9 Å². The Morgan fingerprint density at radius 2 is 1.89 bits per heavy atom. The van der Waals surface area contributed by atoms with Crippen LogP contribution < -0.4 is 21.3 Å². The number of methoxy groups -OCH3 is 1. The molecular weight excluding hydrogens is 362 g/mol. The molecule has 8 nitrogen and oxygen atoms in total. The number of ether oxygens (including phenoxy) is 1. The van der Waals surface area contributed by atoms with Crippen molar-refractivity contribution >= 4 is 16.8 Å². The number of carbonyl (C=O) groups is 1. The number of aliphatic hydroxyl groups is 1. The van der Waals surface area contributed by atoms with Gasteiger partial charge in [0.15, 0.2) is 0 Å². The molecule has 3 aromatic rings. The van der Waals surface area contributed by atoms with Gasteiger partial charge in [0, 0.05) is 19.5 Å². The van der Waals surface area contributed by atoms with E-state index in [0.717, 1.165) is 0 Å². The van der Waals surface area contributed by atoms with E-state index in [4.69, 9.17) is 4.74 Å². The van der Waals surface area contributed by atoms with Gasteiger partial charge in [0.05, 0.1) is 24.1 Å². The summed E-state index contributed by atoms with van der Waals surface area (Å²) in [5.41, 5.74) is 0.116. The zero-order chi connectivity index (χ0) is 20.1. The third kappa shape index (κ3) is 4.29. The van der Waals surface area contributed by atoms with E-state index in [2.05, 4.69) is 10.3 Å². The molecule has 0 fully saturated rings. The summed E-state index contributed by atoms with van der Waals surface area (Å²) in [6, 6.07) is 13.6. The standard InChI is InChI=1S/C20H21N3O5/c1-28-14-8-6-13(7-9-14)17(24)12-21-18(25)10-11-23-16-5-3-2-4-15(16)19(26)22-20(23)27/h2-9,17,24H,10-12H2,1H3,(H,21,25)(H,22,26,27). The highest BCUT2D eigenvalue weighted by Crippen LogP contribution is 2.17. The molecule has 3 N–H and O–H groups in total. The van der Waals surface area contributed by atoms with E-state index >= 15 is 0 Å². The Morgan fingerprint density at radius 3 is 2.61 bits per heavy atom. The lowest BCUT2D eigenvalue weighted by Gasteiger charge is -2.13. The first-order chi connectivity index (χ1) is 13.5. The number of amides is 1. The van der Waals surface area contributed by atoms with Crippen LogP contribution in [0.3, 0.4) is 0 Å². The van der Waals surface area contributed by atoms with Crippen LogP contribution in [0.1, 0.15) is 18.1 Å². The molecule has 0 aliphatic heterocycles. The molecule has 1 atom stereocenters. The number of hydrogen-bond donors (Lipinski definition) is 3. The number of hydrogen-bond acceptors (Lipinski definition) is 5. The van der Waals surface area contributed by atoms with Crippen LogP contribution in [-0.4, -0.2) is 34.2 Å². The number of H-pyrrole nitrogens is 1. The largest absolute Gasteiger partial charge is 0.497 e. The normalized spacial score (nSPS) is 11.9. The van der Waals surface area contributed by atoms with E-state index in [1.54, 1.807) is 55.6 Å². The molecule has 3 rings (SSSR count). The van der Waals surface area contributed by atoms with Crippen molar-refractivity contribution in [3.63, 3.8) is 0 Å². The number of nitrogens with zero attached hydrogens (tertiary/aromatic N) is 1. The number of aromatic amines is 1. The van der Waals surface area contributed by atoms with Crippen LogP contribution in [0.15, 0.2) is 58.1 Å². The maximum Gasteiger partial charge on any atom is 0.328 e. The van der Waals surface area contributed by atoms with Gasteiger partial charge in [-0.25, -0.2) is 4.79 Å². The molecule has 0 saturated carbocycles. The average molecular weight is 383 g/mol. The molecule has 0 bridgehead atoms. The number of fused-ring (bicyclic) bond motifs is 1. The topological polar surface area (TPSA) is 113 Å². The minimum absolute atomic E-state index is 0.0330. The lowest BCUT2D eigenvalue weighted by atomic mass is 10.1. The average Bonchev–Trinajstić information content (AvgIpc) is 2.72. The first-order valence-electron chi connectivity index (χ1n) is 8.80. The molecule has 1 aromatic heterocycles. The van der Waals surface area contributed by atoms with Gasteiger partial charge in [0.1, 0.15) is 5.75 Å². The van der Waals surface area contributed by atoms with Gasteiger partial charge in [-0.05, 0) is 29.8 Å². The summed E-state index contributed by atoms with van der Waals surface area (Å²) >= 11 is 0. The van der Waals surface area contributed by atoms with Gasteiger partial charge in [-0.15, -0.1) is 0 Å². The van der Waals surface area contributed by atoms with Gasteiger partial charge < -0.3 is 15.2 Å². The summed E-state index contributed by atoms with van der Waals surface area (Å²) in [5.74, 6) is 0.369. The van der Waals surface area contributed by atoms with Crippen molar-refractivity contribution in [1.29, 1.82) is 0 Å². The van der Waals surface area contributed by atoms with Gasteiger partial charge in [0.2, 0.25) is 5.91 Å². The zero-order valence-electron chi connectivity index (χ0n) is 15.3. The van der Waals surface area contributed by atoms with Crippen LogP contribution >= 0.6 is 0 Å². The lowest BCUT2D eigenvalue weighted by Crippen LogP contribution is -2.33. The molecule has 0 aliphatic carbocycles. The van der Waals surface area contributed by atoms with Crippen molar-refractivity contribution in [2.45, 2.75) is 19.1 Å². The van der Waals surface area contributed by atoms with E-state index < -0.39 is 17.4 Å². The monoisotopic (exact) mass is 383 g/mol. The lowest BCUT2D eigenvalue weighted by molar-refractivity contribution is -0.121. The number of aryl methyl sites for hydroxylation is 1. The summed E-state index contributed by atoms with van der Waals surface area (Å²) in [6.07, 6.45) is -0.822. The van der Waals surface area contributed by atoms with Crippen LogP contribution in [0.5, 0.6) is 5.75 Å². The minimum Gasteiger partial charge on any atom is -0.497 e. The first kappa shape index (κ1) is 19.4. The fourth-order valence-corrected chi connectivity index (χ4v) is 2.92. The van der Waals surface area contributed by atoms with Crippen molar-refractivity contribution in [2.24, 2.45) is 0 Å². The van der Waals surface area contributed by atoms with Crippen LogP contribution in [0.4, 0.5) is 0 Å². The number of aliphatic hydroxyl groups excluding tert-OH is 1. The molecule has 2 aromatic carbocycles. The number of para-hydroxylation sites is 1. The third-order valence-electron chi connectivity index (χ3n) is 4.46. The zero-order valence-corrected chi connectivity index (χ0v) is 15.3. The van der Waals surface area contributed by atoms with E-state index in [1.807, 2.05) is 0 Å². The molecule has 1 amide bonds. The highest BCUT2D eigenvalue weighted by Gasteiger charge is 2.12. The van der Waals surface area contributed by atoms with Crippen LogP contribution in [0.2, 0.25) is 0 Å². The minimum atomic E-state index is -0.855. The molecule has 0 spiro atoms. The second-order valence-corrected chi connectivity index (χ2v) is 6.27. The Kier molecular flexibility index (Phi) is 5.90. The first-order valence-corrected chi connectivity index (χ1v) is 8.80. The van der Waals surface area contributed by atoms with Crippen molar-refractivity contribution in [3.8, 4) is 5.75 Å². The highest BCUT2D eigenvalue weighted by molar-refractivity contribution is 5.78. The van der Waals surface area contributed by atoms with Crippen molar-refractivity contribution < 1.29 is 14.6 Å². The second kappa shape index (κ2) is 8.53. The Morgan fingerprint density at radius 1 is 1.18 bits per heavy atom. The van der Waals surface area contributed by atoms with Crippen molar-refractivity contribution in [2.75, 3.05) is 13.7 Å². The number of benzene rings is 2. The molecule has 28 heavy (non-hydrogen) atoms. The maximum absolute atomic E-state index is 12.1. The molecule has 146 valence electrons. The number of aromatic nitrogens is 2. The van der Waals surface area contributed by atoms with Crippen LogP contribution in [0, 0.1) is 0 Å². The molecule has 0 radical (unpaired) electrons. The Labute approximate surface area is 160 Å². The van der Waals surface area contributed by atoms with Gasteiger partial charge >= 0.3 is 5.69 Å². The highest BCUT2D eigenvalue weighted by atomic mass is 16.5. The Hall–Kier alpha value is -3.39. The molecule has 1 heterocycles. The number of carbonyl (C=O) groups excluding carboxylic acids is 1. The smallest absolute Gasteiger partial charge is 0.328 e. The predicted molar refractivity (Wildman–Crippen MR) is 104 cm³/mol. The summed E-state index contributed by atoms with van der Waals surface area (Å²) < 4.78 is 6.42.